The van der Waals surface area contributed by atoms with Gasteiger partial charge in [0.05, 0.1) is 23.4 Å². The zero-order valence-corrected chi connectivity index (χ0v) is 18.4. The summed E-state index contributed by atoms with van der Waals surface area (Å²) < 4.78 is 0.773. The number of hydrogen-bond acceptors (Lipinski definition) is 7. The highest BCUT2D eigenvalue weighted by molar-refractivity contribution is 9.10. The van der Waals surface area contributed by atoms with Crippen LogP contribution < -0.4 is 16.4 Å². The molecule has 2 heterocycles. The molecule has 0 radical (unpaired) electrons. The molecule has 2 amide bonds. The highest BCUT2D eigenvalue weighted by Gasteiger charge is 2.14. The van der Waals surface area contributed by atoms with E-state index in [0.29, 0.717) is 16.7 Å². The van der Waals surface area contributed by atoms with Crippen molar-refractivity contribution >= 4 is 72.6 Å². The molecule has 0 spiro atoms. The summed E-state index contributed by atoms with van der Waals surface area (Å²) in [6, 6.07) is 7.26. The molecule has 0 aliphatic rings. The molecule has 1 aromatic carbocycles. The van der Waals surface area contributed by atoms with Crippen molar-refractivity contribution in [3.63, 3.8) is 0 Å². The number of amides is 2. The number of aryl methyl sites for hydroxylation is 2. The van der Waals surface area contributed by atoms with Gasteiger partial charge in [0.2, 0.25) is 11.8 Å². The number of carbonyl (C=O) groups is 2. The first kappa shape index (κ1) is 20.6. The molecular weight excluding hydrogens is 462 g/mol. The third kappa shape index (κ3) is 4.81. The van der Waals surface area contributed by atoms with Crippen LogP contribution >= 0.6 is 39.0 Å². The van der Waals surface area contributed by atoms with Gasteiger partial charge in [-0.3, -0.25) is 9.59 Å². The number of para-hydroxylation sites is 1. The summed E-state index contributed by atoms with van der Waals surface area (Å²) in [5.41, 5.74) is 7.78. The number of carbonyl (C=O) groups excluding carboxylic acids is 2. The van der Waals surface area contributed by atoms with Crippen LogP contribution in [0.5, 0.6) is 0 Å². The number of thioether (sulfide) groups is 1. The van der Waals surface area contributed by atoms with Gasteiger partial charge in [0.1, 0.15) is 10.6 Å². The van der Waals surface area contributed by atoms with Gasteiger partial charge in [-0.15, -0.1) is 11.3 Å². The molecule has 0 aliphatic heterocycles. The lowest BCUT2D eigenvalue weighted by Crippen LogP contribution is -2.34. The number of hydrogen-bond donors (Lipinski definition) is 3. The first-order valence-corrected chi connectivity index (χ1v) is 10.9. The van der Waals surface area contributed by atoms with Crippen molar-refractivity contribution in [2.75, 3.05) is 23.3 Å². The Labute approximate surface area is 178 Å². The number of rotatable bonds is 6. The topological polar surface area (TPSA) is 110 Å². The fourth-order valence-corrected chi connectivity index (χ4v) is 4.60. The summed E-state index contributed by atoms with van der Waals surface area (Å²) in [7, 11) is 0. The lowest BCUT2D eigenvalue weighted by atomic mass is 10.2. The molecule has 0 saturated heterocycles. The largest absolute Gasteiger partial charge is 0.383 e. The molecule has 0 aliphatic carbocycles. The molecule has 0 saturated carbocycles. The molecule has 0 atom stereocenters. The first-order valence-electron chi connectivity index (χ1n) is 8.32. The third-order valence-corrected chi connectivity index (χ3v) is 6.60. The van der Waals surface area contributed by atoms with E-state index in [-0.39, 0.29) is 24.1 Å². The number of aromatic nitrogens is 2. The van der Waals surface area contributed by atoms with Crippen LogP contribution in [0.3, 0.4) is 0 Å². The molecule has 0 bridgehead atoms. The SMILES string of the molecule is Cc1sc2nc(SCC(=O)NCC(=O)Nc3ccccc3Br)nc(N)c2c1C. The average Bonchev–Trinajstić information content (AvgIpc) is 2.94. The minimum atomic E-state index is -0.309. The molecular formula is C18H18BrN5O2S2. The number of benzene rings is 1. The maximum absolute atomic E-state index is 12.0. The van der Waals surface area contributed by atoms with Crippen molar-refractivity contribution in [3.8, 4) is 0 Å². The smallest absolute Gasteiger partial charge is 0.243 e. The zero-order valence-electron chi connectivity index (χ0n) is 15.2. The van der Waals surface area contributed by atoms with Crippen LogP contribution in [0.4, 0.5) is 11.5 Å². The van der Waals surface area contributed by atoms with E-state index in [2.05, 4.69) is 36.5 Å². The monoisotopic (exact) mass is 479 g/mol. The van der Waals surface area contributed by atoms with Crippen molar-refractivity contribution in [3.05, 3.63) is 39.2 Å². The van der Waals surface area contributed by atoms with Crippen molar-refractivity contribution in [1.29, 1.82) is 0 Å². The number of halogens is 1. The number of nitrogens with two attached hydrogens (primary N) is 1. The normalized spacial score (nSPS) is 10.8. The molecule has 7 nitrogen and oxygen atoms in total. The van der Waals surface area contributed by atoms with Crippen molar-refractivity contribution < 1.29 is 9.59 Å². The Morgan fingerprint density at radius 1 is 1.21 bits per heavy atom. The number of thiophene rings is 1. The fourth-order valence-electron chi connectivity index (χ4n) is 2.44. The van der Waals surface area contributed by atoms with E-state index in [1.807, 2.05) is 32.0 Å². The number of anilines is 2. The van der Waals surface area contributed by atoms with Crippen molar-refractivity contribution in [1.82, 2.24) is 15.3 Å². The predicted octanol–water partition coefficient (Wildman–Crippen LogP) is 3.50. The van der Waals surface area contributed by atoms with Gasteiger partial charge in [-0.2, -0.15) is 0 Å². The molecule has 3 aromatic rings. The highest BCUT2D eigenvalue weighted by Crippen LogP contribution is 2.33. The predicted molar refractivity (Wildman–Crippen MR) is 118 cm³/mol. The number of nitrogens with zero attached hydrogens (tertiary/aromatic N) is 2. The number of fused-ring (bicyclic) bond motifs is 1. The fraction of sp³-hybridized carbons (Fsp3) is 0.222. The molecule has 10 heteroatoms. The van der Waals surface area contributed by atoms with E-state index in [1.54, 1.807) is 17.4 Å². The standard InChI is InChI=1S/C18H18BrN5O2S2/c1-9-10(2)28-17-15(9)16(20)23-18(24-17)27-8-14(26)21-7-13(25)22-12-6-4-3-5-11(12)19/h3-6H,7-8H2,1-2H3,(H,21,26)(H,22,25)(H2,20,23,24). The van der Waals surface area contributed by atoms with E-state index in [1.165, 1.54) is 11.8 Å². The van der Waals surface area contributed by atoms with Gasteiger partial charge in [-0.05, 0) is 47.5 Å². The second-order valence-corrected chi connectivity index (χ2v) is 8.95. The number of nitrogen functional groups attached to an aromatic ring is 1. The van der Waals surface area contributed by atoms with Crippen LogP contribution in [0, 0.1) is 13.8 Å². The second kappa shape index (κ2) is 8.89. The summed E-state index contributed by atoms with van der Waals surface area (Å²) in [5.74, 6) is -0.0799. The quantitative estimate of drug-likeness (QED) is 0.368. The van der Waals surface area contributed by atoms with Crippen LogP contribution in [-0.4, -0.2) is 34.1 Å². The lowest BCUT2D eigenvalue weighted by Gasteiger charge is -2.08. The molecule has 28 heavy (non-hydrogen) atoms. The minimum absolute atomic E-state index is 0.0938. The Bertz CT molecular complexity index is 1050. The Morgan fingerprint density at radius 3 is 2.71 bits per heavy atom. The minimum Gasteiger partial charge on any atom is -0.383 e. The Hall–Kier alpha value is -2.17. The van der Waals surface area contributed by atoms with Crippen LogP contribution in [0.2, 0.25) is 0 Å². The molecule has 4 N–H and O–H groups in total. The summed E-state index contributed by atoms with van der Waals surface area (Å²) in [6.07, 6.45) is 0. The summed E-state index contributed by atoms with van der Waals surface area (Å²) in [5, 5.41) is 6.63. The molecule has 2 aromatic heterocycles. The second-order valence-electron chi connectivity index (χ2n) is 5.95. The summed E-state index contributed by atoms with van der Waals surface area (Å²) >= 11 is 6.10. The van der Waals surface area contributed by atoms with E-state index in [0.717, 1.165) is 25.1 Å². The van der Waals surface area contributed by atoms with Gasteiger partial charge in [0.25, 0.3) is 0 Å². The Kier molecular flexibility index (Phi) is 6.53. The van der Waals surface area contributed by atoms with Gasteiger partial charge in [0.15, 0.2) is 5.16 Å². The van der Waals surface area contributed by atoms with Crippen LogP contribution in [0.1, 0.15) is 10.4 Å². The molecule has 0 fully saturated rings. The van der Waals surface area contributed by atoms with E-state index >= 15 is 0 Å². The molecule has 0 unspecified atom stereocenters. The highest BCUT2D eigenvalue weighted by atomic mass is 79.9. The Balaban J connectivity index is 1.52. The zero-order chi connectivity index (χ0) is 20.3. The Morgan fingerprint density at radius 2 is 1.96 bits per heavy atom. The lowest BCUT2D eigenvalue weighted by molar-refractivity contribution is -0.122. The maximum atomic E-state index is 12.0. The third-order valence-electron chi connectivity index (χ3n) is 3.96. The maximum Gasteiger partial charge on any atom is 0.243 e. The van der Waals surface area contributed by atoms with E-state index in [4.69, 9.17) is 5.73 Å². The van der Waals surface area contributed by atoms with Gasteiger partial charge in [0, 0.05) is 9.35 Å². The van der Waals surface area contributed by atoms with Gasteiger partial charge < -0.3 is 16.4 Å². The molecule has 146 valence electrons. The van der Waals surface area contributed by atoms with E-state index in [9.17, 15) is 9.59 Å². The van der Waals surface area contributed by atoms with Crippen LogP contribution in [-0.2, 0) is 9.59 Å². The van der Waals surface area contributed by atoms with Crippen LogP contribution in [0.25, 0.3) is 10.2 Å². The van der Waals surface area contributed by atoms with Gasteiger partial charge in [-0.1, -0.05) is 23.9 Å². The van der Waals surface area contributed by atoms with Crippen molar-refractivity contribution in [2.45, 2.75) is 19.0 Å². The summed E-state index contributed by atoms with van der Waals surface area (Å²) in [6.45, 7) is 3.89. The molecule has 3 rings (SSSR count). The number of nitrogens with one attached hydrogen (secondary N) is 2. The van der Waals surface area contributed by atoms with Crippen LogP contribution in [0.15, 0.2) is 33.9 Å². The summed E-state index contributed by atoms with van der Waals surface area (Å²) in [4.78, 5) is 34.7. The van der Waals surface area contributed by atoms with Gasteiger partial charge >= 0.3 is 0 Å². The van der Waals surface area contributed by atoms with E-state index < -0.39 is 0 Å². The first-order chi connectivity index (χ1) is 13.3. The van der Waals surface area contributed by atoms with Crippen molar-refractivity contribution in [2.24, 2.45) is 0 Å². The van der Waals surface area contributed by atoms with Gasteiger partial charge in [-0.25, -0.2) is 9.97 Å². The average molecular weight is 480 g/mol.